The van der Waals surface area contributed by atoms with Crippen LogP contribution in [0.25, 0.3) is 17.5 Å². The molecule has 186 valence electrons. The molecule has 1 unspecified atom stereocenters. The van der Waals surface area contributed by atoms with Gasteiger partial charge >= 0.3 is 11.9 Å². The minimum Gasteiger partial charge on any atom is -0.497 e. The van der Waals surface area contributed by atoms with E-state index < -0.39 is 23.4 Å². The summed E-state index contributed by atoms with van der Waals surface area (Å²) < 4.78 is 22.4. The number of thiazole rings is 1. The first-order chi connectivity index (χ1) is 17.3. The van der Waals surface area contributed by atoms with Gasteiger partial charge in [-0.2, -0.15) is 0 Å². The second kappa shape index (κ2) is 10.1. The van der Waals surface area contributed by atoms with E-state index in [9.17, 15) is 14.4 Å². The molecule has 36 heavy (non-hydrogen) atoms. The molecule has 10 heteroatoms. The third-order valence-corrected chi connectivity index (χ3v) is 6.89. The van der Waals surface area contributed by atoms with E-state index in [2.05, 4.69) is 0 Å². The van der Waals surface area contributed by atoms with Crippen LogP contribution in [0.3, 0.4) is 0 Å². The van der Waals surface area contributed by atoms with Gasteiger partial charge in [-0.25, -0.2) is 9.59 Å². The maximum atomic E-state index is 13.5. The van der Waals surface area contributed by atoms with E-state index in [1.165, 1.54) is 21.3 Å². The molecule has 0 fully saturated rings. The molecule has 1 atom stereocenters. The van der Waals surface area contributed by atoms with Crippen LogP contribution in [0, 0.1) is 0 Å². The van der Waals surface area contributed by atoms with Crippen molar-refractivity contribution in [3.8, 4) is 11.5 Å². The fourth-order valence-electron chi connectivity index (χ4n) is 4.10. The Morgan fingerprint density at radius 2 is 1.53 bits per heavy atom. The summed E-state index contributed by atoms with van der Waals surface area (Å²) >= 11 is 1.07. The van der Waals surface area contributed by atoms with Crippen LogP contribution in [0.15, 0.2) is 58.9 Å². The molecule has 2 aromatic carbocycles. The predicted octanol–water partition coefficient (Wildman–Crippen LogP) is 1.18. The molecule has 3 aromatic rings. The molecule has 2 heterocycles. The summed E-state index contributed by atoms with van der Waals surface area (Å²) in [5, 5.41) is 0. The molecule has 0 amide bonds. The van der Waals surface area contributed by atoms with Gasteiger partial charge in [-0.1, -0.05) is 24.3 Å². The molecule has 0 radical (unpaired) electrons. The molecule has 0 saturated heterocycles. The molecular weight excluding hydrogens is 484 g/mol. The number of hydrogen-bond donors (Lipinski definition) is 1. The van der Waals surface area contributed by atoms with Crippen molar-refractivity contribution in [2.45, 2.75) is 5.92 Å². The first-order valence-corrected chi connectivity index (χ1v) is 11.6. The molecule has 4 rings (SSSR count). The molecule has 0 spiro atoms. The van der Waals surface area contributed by atoms with Crippen molar-refractivity contribution in [3.63, 3.8) is 0 Å². The highest BCUT2D eigenvalue weighted by Gasteiger charge is 2.39. The van der Waals surface area contributed by atoms with E-state index in [-0.39, 0.29) is 21.6 Å². The normalized spacial score (nSPS) is 15.4. The topological polar surface area (TPSA) is 119 Å². The summed E-state index contributed by atoms with van der Waals surface area (Å²) in [5.74, 6) is -1.42. The van der Waals surface area contributed by atoms with Crippen LogP contribution in [0.5, 0.6) is 11.5 Å². The molecule has 0 bridgehead atoms. The monoisotopic (exact) mass is 508 g/mol. The number of ether oxygens (including phenoxy) is 4. The molecule has 0 saturated carbocycles. The summed E-state index contributed by atoms with van der Waals surface area (Å²) in [6, 6.07) is 14.1. The van der Waals surface area contributed by atoms with Crippen molar-refractivity contribution in [3.05, 3.63) is 84.8 Å². The first kappa shape index (κ1) is 24.8. The van der Waals surface area contributed by atoms with Crippen LogP contribution in [-0.2, 0) is 19.1 Å². The maximum absolute atomic E-state index is 13.5. The number of esters is 2. The lowest BCUT2D eigenvalue weighted by Crippen LogP contribution is -2.41. The Morgan fingerprint density at radius 3 is 2.17 bits per heavy atom. The highest BCUT2D eigenvalue weighted by atomic mass is 32.1. The molecule has 1 aromatic heterocycles. The van der Waals surface area contributed by atoms with E-state index in [4.69, 9.17) is 24.7 Å². The molecule has 9 nitrogen and oxygen atoms in total. The summed E-state index contributed by atoms with van der Waals surface area (Å²) in [7, 11) is 5.50. The molecule has 1 aliphatic rings. The maximum Gasteiger partial charge on any atom is 0.338 e. The van der Waals surface area contributed by atoms with Gasteiger partial charge in [-0.05, 0) is 41.5 Å². The third-order valence-electron chi connectivity index (χ3n) is 5.78. The smallest absolute Gasteiger partial charge is 0.338 e. The number of methoxy groups -OCH3 is 4. The van der Waals surface area contributed by atoms with Crippen molar-refractivity contribution in [1.29, 1.82) is 0 Å². The third kappa shape index (κ3) is 4.27. The van der Waals surface area contributed by atoms with E-state index in [1.807, 2.05) is 6.07 Å². The van der Waals surface area contributed by atoms with Gasteiger partial charge in [0.25, 0.3) is 5.56 Å². The zero-order valence-electron chi connectivity index (χ0n) is 20.1. The van der Waals surface area contributed by atoms with Crippen LogP contribution in [0.4, 0.5) is 0 Å². The number of benzene rings is 2. The van der Waals surface area contributed by atoms with Gasteiger partial charge in [-0.3, -0.25) is 9.36 Å². The van der Waals surface area contributed by atoms with Crippen molar-refractivity contribution in [2.75, 3.05) is 28.4 Å². The number of hydrogen-bond acceptors (Lipinski definition) is 9. The Balaban J connectivity index is 2.11. The quantitative estimate of drug-likeness (QED) is 0.493. The van der Waals surface area contributed by atoms with Crippen LogP contribution in [0.2, 0.25) is 0 Å². The van der Waals surface area contributed by atoms with Crippen LogP contribution >= 0.6 is 11.3 Å². The molecular formula is C26H24N2O7S. The zero-order chi connectivity index (χ0) is 26.0. The fourth-order valence-corrected chi connectivity index (χ4v) is 5.27. The number of nitrogens with two attached hydrogens (primary N) is 1. The SMILES string of the molecule is COC(=O)C1=C(N)n2c(s/c(=C/c3cccc(OC)c3)c2=O)=C(C(=O)OC)C1c1cccc(OC)c1. The average molecular weight is 509 g/mol. The Morgan fingerprint density at radius 1 is 0.917 bits per heavy atom. The van der Waals surface area contributed by atoms with E-state index in [0.717, 1.165) is 15.9 Å². The molecule has 2 N–H and O–H groups in total. The van der Waals surface area contributed by atoms with Crippen LogP contribution in [0.1, 0.15) is 17.0 Å². The van der Waals surface area contributed by atoms with Crippen LogP contribution < -0.4 is 30.0 Å². The number of carbonyl (C=O) groups is 2. The Hall–Kier alpha value is -4.31. The van der Waals surface area contributed by atoms with Gasteiger partial charge in [0.05, 0.1) is 50.0 Å². The average Bonchev–Trinajstić information content (AvgIpc) is 3.23. The predicted molar refractivity (Wildman–Crippen MR) is 135 cm³/mol. The fraction of sp³-hybridized carbons (Fsp3) is 0.192. The summed E-state index contributed by atoms with van der Waals surface area (Å²) in [5.41, 5.74) is 7.26. The second-order valence-electron chi connectivity index (χ2n) is 7.74. The van der Waals surface area contributed by atoms with Gasteiger partial charge in [0, 0.05) is 0 Å². The van der Waals surface area contributed by atoms with Crippen molar-refractivity contribution >= 4 is 40.7 Å². The Labute approximate surface area is 210 Å². The van der Waals surface area contributed by atoms with E-state index >= 15 is 0 Å². The largest absolute Gasteiger partial charge is 0.497 e. The van der Waals surface area contributed by atoms with Crippen molar-refractivity contribution < 1.29 is 28.5 Å². The van der Waals surface area contributed by atoms with Gasteiger partial charge in [-0.15, -0.1) is 11.3 Å². The number of nitrogens with zero attached hydrogens (tertiary/aromatic N) is 1. The van der Waals surface area contributed by atoms with Gasteiger partial charge < -0.3 is 24.7 Å². The number of rotatable bonds is 6. The second-order valence-corrected chi connectivity index (χ2v) is 8.77. The number of aromatic nitrogens is 1. The summed E-state index contributed by atoms with van der Waals surface area (Å²) in [6.07, 6.45) is 1.67. The minimum atomic E-state index is -0.956. The highest BCUT2D eigenvalue weighted by Crippen LogP contribution is 2.38. The minimum absolute atomic E-state index is 0.0496. The number of fused-ring (bicyclic) bond motifs is 1. The van der Waals surface area contributed by atoms with Gasteiger partial charge in [0.1, 0.15) is 22.0 Å². The Bertz CT molecular complexity index is 1570. The number of carbonyl (C=O) groups excluding carboxylic acids is 2. The van der Waals surface area contributed by atoms with Crippen LogP contribution in [-0.4, -0.2) is 44.9 Å². The van der Waals surface area contributed by atoms with Gasteiger partial charge in [0.2, 0.25) is 0 Å². The van der Waals surface area contributed by atoms with E-state index in [1.54, 1.807) is 55.7 Å². The zero-order valence-corrected chi connectivity index (χ0v) is 20.9. The molecule has 1 aliphatic heterocycles. The van der Waals surface area contributed by atoms with Crippen molar-refractivity contribution in [2.24, 2.45) is 5.73 Å². The van der Waals surface area contributed by atoms with Crippen molar-refractivity contribution in [1.82, 2.24) is 4.57 Å². The highest BCUT2D eigenvalue weighted by molar-refractivity contribution is 7.07. The summed E-state index contributed by atoms with van der Waals surface area (Å²) in [6.45, 7) is 0. The lowest BCUT2D eigenvalue weighted by Gasteiger charge is -2.26. The molecule has 0 aliphatic carbocycles. The van der Waals surface area contributed by atoms with Gasteiger partial charge in [0.15, 0.2) is 0 Å². The summed E-state index contributed by atoms with van der Waals surface area (Å²) in [4.78, 5) is 39.6. The first-order valence-electron chi connectivity index (χ1n) is 10.8. The lowest BCUT2D eigenvalue weighted by molar-refractivity contribution is -0.136. The van der Waals surface area contributed by atoms with E-state index in [0.29, 0.717) is 27.2 Å². The standard InChI is InChI=1S/C26H24N2O7S/c1-32-16-9-5-7-14(11-16)12-18-23(29)28-22(27)20(25(30)34-3)19(15-8-6-10-17(13-15)33-2)21(24(28)36-18)26(31)35-4/h5-13,19H,27H2,1-4H3/b18-12+. The Kier molecular flexibility index (Phi) is 6.98. The lowest BCUT2D eigenvalue weighted by atomic mass is 9.83.